The molecule has 0 saturated heterocycles. The Morgan fingerprint density at radius 1 is 1.45 bits per heavy atom. The van der Waals surface area contributed by atoms with Crippen molar-refractivity contribution < 1.29 is 18.2 Å². The maximum Gasteiger partial charge on any atom is 0.430 e. The largest absolute Gasteiger partial charge is 0.430 e. The van der Waals surface area contributed by atoms with E-state index in [9.17, 15) is 13.2 Å². The molecule has 0 spiro atoms. The minimum Gasteiger partial charge on any atom is -0.165 e. The van der Waals surface area contributed by atoms with E-state index in [0.717, 1.165) is 6.07 Å². The molecule has 0 aromatic carbocycles. The highest BCUT2D eigenvalue weighted by Gasteiger charge is 2.34. The summed E-state index contributed by atoms with van der Waals surface area (Å²) >= 11 is 0. The molecule has 1 rings (SSSR count). The molecule has 0 fully saturated rings. The van der Waals surface area contributed by atoms with Crippen LogP contribution < -0.4 is 4.98 Å². The quantitative estimate of drug-likeness (QED) is 0.559. The van der Waals surface area contributed by atoms with Gasteiger partial charge in [-0.15, -0.1) is 0 Å². The van der Waals surface area contributed by atoms with Crippen molar-refractivity contribution in [3.8, 4) is 0 Å². The van der Waals surface area contributed by atoms with E-state index in [1.807, 2.05) is 6.20 Å². The molecule has 0 N–H and O–H groups in total. The summed E-state index contributed by atoms with van der Waals surface area (Å²) in [7, 11) is 0. The van der Waals surface area contributed by atoms with E-state index >= 15 is 0 Å². The number of aromatic nitrogens is 1. The van der Waals surface area contributed by atoms with Crippen LogP contribution in [-0.2, 0) is 6.18 Å². The summed E-state index contributed by atoms with van der Waals surface area (Å²) in [4.78, 5) is 3.31. The molecule has 1 heterocycles. The molecule has 1 nitrogen and oxygen atoms in total. The summed E-state index contributed by atoms with van der Waals surface area (Å²) in [6.45, 7) is 1.55. The van der Waals surface area contributed by atoms with E-state index in [2.05, 4.69) is 4.98 Å². The van der Waals surface area contributed by atoms with Crippen molar-refractivity contribution in [1.82, 2.24) is 0 Å². The van der Waals surface area contributed by atoms with Crippen molar-refractivity contribution >= 4 is 0 Å². The van der Waals surface area contributed by atoms with Crippen LogP contribution in [0.15, 0.2) is 12.3 Å². The smallest absolute Gasteiger partial charge is 0.165 e. The summed E-state index contributed by atoms with van der Waals surface area (Å²) in [6.07, 6.45) is -1.13. The number of nitrogens with zero attached hydrogens (tertiary/aromatic N) is 1. The lowest BCUT2D eigenvalue weighted by Crippen LogP contribution is -2.07. The van der Waals surface area contributed by atoms with Gasteiger partial charge in [-0.1, -0.05) is 0 Å². The lowest BCUT2D eigenvalue weighted by atomic mass is 10.2. The van der Waals surface area contributed by atoms with Crippen LogP contribution in [0, 0.1) is 13.1 Å². The summed E-state index contributed by atoms with van der Waals surface area (Å²) in [5, 5.41) is 0. The molecule has 0 unspecified atom stereocenters. The highest BCUT2D eigenvalue weighted by Crippen LogP contribution is 2.27. The number of alkyl halides is 3. The maximum absolute atomic E-state index is 11.9. The van der Waals surface area contributed by atoms with Crippen LogP contribution in [0.4, 0.5) is 13.2 Å². The number of halogens is 3. The Hall–Kier alpha value is -1.24. The van der Waals surface area contributed by atoms with Crippen LogP contribution in [0.2, 0.25) is 0 Å². The van der Waals surface area contributed by atoms with Gasteiger partial charge in [0.15, 0.2) is 5.56 Å². The lowest BCUT2D eigenvalue weighted by Gasteiger charge is -1.98. The number of hydrogen-bond donors (Lipinski definition) is 0. The Morgan fingerprint density at radius 2 is 2.09 bits per heavy atom. The Kier molecular flexibility index (Phi) is 1.73. The Labute approximate surface area is 61.9 Å². The van der Waals surface area contributed by atoms with Gasteiger partial charge in [-0.05, 0) is 18.0 Å². The van der Waals surface area contributed by atoms with E-state index in [4.69, 9.17) is 0 Å². The van der Waals surface area contributed by atoms with Crippen molar-refractivity contribution in [2.24, 2.45) is 0 Å². The van der Waals surface area contributed by atoms with Crippen LogP contribution in [0.1, 0.15) is 11.1 Å². The summed E-state index contributed by atoms with van der Waals surface area (Å²) in [5.74, 6) is 0. The molecule has 0 saturated carbocycles. The van der Waals surface area contributed by atoms with Crippen molar-refractivity contribution in [3.63, 3.8) is 0 Å². The number of hydrogen-bond acceptors (Lipinski definition) is 0. The fourth-order valence-electron chi connectivity index (χ4n) is 0.646. The zero-order valence-electron chi connectivity index (χ0n) is 5.74. The van der Waals surface area contributed by atoms with E-state index in [-0.39, 0.29) is 0 Å². The molecule has 58 valence electrons. The van der Waals surface area contributed by atoms with Gasteiger partial charge in [0, 0.05) is 5.56 Å². The predicted octanol–water partition coefficient (Wildman–Crippen LogP) is 1.41. The standard InChI is InChI=1S/C7H5F3N/c1-5-2-6(4-11-3-5)7(8,9)10/h2-3H,1H3/q+1. The minimum absolute atomic E-state index is 0.482. The molecule has 0 aliphatic heterocycles. The van der Waals surface area contributed by atoms with Crippen LogP contribution in [0.5, 0.6) is 0 Å². The van der Waals surface area contributed by atoms with E-state index in [1.54, 1.807) is 6.92 Å². The van der Waals surface area contributed by atoms with Crippen LogP contribution in [-0.4, -0.2) is 0 Å². The molecule has 0 aliphatic carbocycles. The SMILES string of the molecule is Cc1c[n+]#cc(C(F)(F)F)c1. The second kappa shape index (κ2) is 2.42. The topological polar surface area (TPSA) is 14.1 Å². The zero-order chi connectivity index (χ0) is 8.48. The van der Waals surface area contributed by atoms with Gasteiger partial charge in [-0.2, -0.15) is 13.2 Å². The van der Waals surface area contributed by atoms with Gasteiger partial charge in [0.2, 0.25) is 0 Å². The second-order valence-corrected chi connectivity index (χ2v) is 2.17. The Balaban J connectivity index is 3.06. The van der Waals surface area contributed by atoms with Gasteiger partial charge in [0.25, 0.3) is 0 Å². The third kappa shape index (κ3) is 1.84. The van der Waals surface area contributed by atoms with Crippen molar-refractivity contribution in [1.29, 1.82) is 0 Å². The number of aryl methyl sites for hydroxylation is 1. The average molecular weight is 160 g/mol. The van der Waals surface area contributed by atoms with Gasteiger partial charge in [0.05, 0.1) is 0 Å². The predicted molar refractivity (Wildman–Crippen MR) is 30.6 cm³/mol. The van der Waals surface area contributed by atoms with Gasteiger partial charge in [0.1, 0.15) is 0 Å². The second-order valence-electron chi connectivity index (χ2n) is 2.17. The van der Waals surface area contributed by atoms with Crippen molar-refractivity contribution in [2.45, 2.75) is 13.1 Å². The lowest BCUT2D eigenvalue weighted by molar-refractivity contribution is -0.297. The molecular formula is C7H5F3N+. The highest BCUT2D eigenvalue weighted by molar-refractivity contribution is 5.14. The maximum atomic E-state index is 11.9. The fourth-order valence-corrected chi connectivity index (χ4v) is 0.646. The molecule has 1 aromatic rings. The monoisotopic (exact) mass is 160 g/mol. The van der Waals surface area contributed by atoms with Gasteiger partial charge < -0.3 is 0 Å². The third-order valence-corrected chi connectivity index (χ3v) is 1.13. The zero-order valence-corrected chi connectivity index (χ0v) is 5.74. The average Bonchev–Trinajstić information content (AvgIpc) is 1.86. The first-order chi connectivity index (χ1) is 5.00. The third-order valence-electron chi connectivity index (χ3n) is 1.13. The summed E-state index contributed by atoms with van der Waals surface area (Å²) in [5.41, 5.74) is -0.339. The van der Waals surface area contributed by atoms with Crippen LogP contribution in [0.25, 0.3) is 0 Å². The van der Waals surface area contributed by atoms with Crippen LogP contribution in [0.3, 0.4) is 0 Å². The molecular weight excluding hydrogens is 155 g/mol. The van der Waals surface area contributed by atoms with E-state index in [0.29, 0.717) is 5.56 Å². The highest BCUT2D eigenvalue weighted by atomic mass is 19.4. The summed E-state index contributed by atoms with van der Waals surface area (Å²) < 4.78 is 35.7. The Morgan fingerprint density at radius 3 is 2.45 bits per heavy atom. The first-order valence-corrected chi connectivity index (χ1v) is 2.91. The number of rotatable bonds is 0. The van der Waals surface area contributed by atoms with Crippen LogP contribution >= 0.6 is 0 Å². The first-order valence-electron chi connectivity index (χ1n) is 2.91. The Bertz CT molecular complexity index is 254. The molecule has 0 amide bonds. The first kappa shape index (κ1) is 7.86. The molecule has 11 heavy (non-hydrogen) atoms. The summed E-state index contributed by atoms with van der Waals surface area (Å²) in [6, 6.07) is 1.01. The van der Waals surface area contributed by atoms with Gasteiger partial charge in [-0.25, -0.2) is 0 Å². The minimum atomic E-state index is -4.33. The van der Waals surface area contributed by atoms with Gasteiger partial charge >= 0.3 is 18.6 Å². The molecule has 0 aliphatic rings. The molecule has 1 aromatic heterocycles. The molecule has 0 radical (unpaired) electrons. The fraction of sp³-hybridized carbons (Fsp3) is 0.286. The van der Waals surface area contributed by atoms with E-state index in [1.165, 1.54) is 6.20 Å². The molecule has 0 atom stereocenters. The molecule has 0 bridgehead atoms. The van der Waals surface area contributed by atoms with Crippen molar-refractivity contribution in [2.75, 3.05) is 0 Å². The van der Waals surface area contributed by atoms with E-state index < -0.39 is 11.7 Å². The van der Waals surface area contributed by atoms with Gasteiger partial charge in [-0.3, -0.25) is 0 Å². The van der Waals surface area contributed by atoms with Crippen molar-refractivity contribution in [3.05, 3.63) is 29.6 Å². The normalized spacial score (nSPS) is 10.9. The molecule has 4 heteroatoms.